The molecule has 13 heavy (non-hydrogen) atoms. The molecular weight excluding hydrogens is 308 g/mol. The first-order valence-electron chi connectivity index (χ1n) is 3.48. The minimum absolute atomic E-state index is 0.185. The number of aliphatic carboxylic acids is 2. The molecule has 0 heterocycles. The molecule has 0 spiro atoms. The van der Waals surface area contributed by atoms with Crippen molar-refractivity contribution in [3.05, 3.63) is 0 Å². The van der Waals surface area contributed by atoms with Crippen molar-refractivity contribution in [2.45, 2.75) is 23.1 Å². The van der Waals surface area contributed by atoms with E-state index in [1.807, 2.05) is 0 Å². The van der Waals surface area contributed by atoms with Gasteiger partial charge in [0, 0.05) is 0 Å². The van der Waals surface area contributed by atoms with E-state index < -0.39 is 18.0 Å². The molecule has 5 nitrogen and oxygen atoms in total. The Balaban J connectivity index is 3.26. The predicted molar refractivity (Wildman–Crippen MR) is 49.0 cm³/mol. The molecule has 0 aromatic heterocycles. The van der Waals surface area contributed by atoms with E-state index in [-0.39, 0.29) is 32.7 Å². The molecule has 0 saturated heterocycles. The van der Waals surface area contributed by atoms with Gasteiger partial charge in [-0.15, -0.1) is 0 Å². The zero-order valence-electron chi connectivity index (χ0n) is 6.80. The van der Waals surface area contributed by atoms with Crippen molar-refractivity contribution in [2.24, 2.45) is 5.73 Å². The fraction of sp³-hybridized carbons (Fsp3) is 0.667. The van der Waals surface area contributed by atoms with E-state index in [9.17, 15) is 9.59 Å². The van der Waals surface area contributed by atoms with Crippen LogP contribution in [0.3, 0.4) is 0 Å². The van der Waals surface area contributed by atoms with Gasteiger partial charge in [-0.05, 0) is 0 Å². The predicted octanol–water partition coefficient (Wildman–Crippen LogP) is -0.967. The minimum atomic E-state index is -0.976. The molecule has 0 aliphatic carbocycles. The number of nitrogens with two attached hydrogens (primary N) is 1. The summed E-state index contributed by atoms with van der Waals surface area (Å²) in [6, 6.07) is -0.772. The quantitative estimate of drug-likeness (QED) is 0.414. The van der Waals surface area contributed by atoms with Crippen molar-refractivity contribution >= 4 is 38.2 Å². The molecule has 4 N–H and O–H groups in total. The van der Waals surface area contributed by atoms with Crippen molar-refractivity contribution in [3.8, 4) is 0 Å². The van der Waals surface area contributed by atoms with E-state index in [1.54, 1.807) is 0 Å². The third-order valence-corrected chi connectivity index (χ3v) is 8.33. The third-order valence-electron chi connectivity index (χ3n) is 1.05. The van der Waals surface area contributed by atoms with Gasteiger partial charge in [-0.3, -0.25) is 0 Å². The number of carbonyl (C=O) groups is 2. The van der Waals surface area contributed by atoms with Gasteiger partial charge in [0.05, 0.1) is 0 Å². The molecule has 76 valence electrons. The Morgan fingerprint density at radius 3 is 2.38 bits per heavy atom. The van der Waals surface area contributed by atoms with E-state index in [1.165, 1.54) is 0 Å². The normalized spacial score (nSPS) is 12.4. The molecule has 0 aromatic rings. The number of hydrogen-bond acceptors (Lipinski definition) is 3. The fourth-order valence-electron chi connectivity index (χ4n) is 0.381. The summed E-state index contributed by atoms with van der Waals surface area (Å²) in [5, 5.41) is 17.9. The van der Waals surface area contributed by atoms with E-state index in [4.69, 9.17) is 15.9 Å². The van der Waals surface area contributed by atoms with E-state index >= 15 is 0 Å². The first-order valence-corrected chi connectivity index (χ1v) is 10.2. The van der Waals surface area contributed by atoms with Gasteiger partial charge in [0.2, 0.25) is 0 Å². The van der Waals surface area contributed by atoms with Crippen LogP contribution in [0.5, 0.6) is 0 Å². The van der Waals surface area contributed by atoms with E-state index in [2.05, 4.69) is 0 Å². The topological polar surface area (TPSA) is 101 Å². The van der Waals surface area contributed by atoms with Crippen molar-refractivity contribution in [1.29, 1.82) is 0 Å². The van der Waals surface area contributed by atoms with Gasteiger partial charge in [0.25, 0.3) is 0 Å². The summed E-state index contributed by atoms with van der Waals surface area (Å²) in [4.78, 5) is 20.4. The summed E-state index contributed by atoms with van der Waals surface area (Å²) in [6.07, 6.45) is 0.185. The molecule has 0 saturated carbocycles. The molecular formula is C6H11NO4Se2. The van der Waals surface area contributed by atoms with Gasteiger partial charge < -0.3 is 0 Å². The molecule has 0 rings (SSSR count). The van der Waals surface area contributed by atoms with Crippen LogP contribution in [0.2, 0.25) is 10.6 Å². The van der Waals surface area contributed by atoms with Crippen LogP contribution in [0.25, 0.3) is 0 Å². The summed E-state index contributed by atoms with van der Waals surface area (Å²) in [6.45, 7) is 0. The number of rotatable bonds is 7. The number of carboxylic acid groups (broad SMARTS) is 2. The Morgan fingerprint density at radius 1 is 1.31 bits per heavy atom. The van der Waals surface area contributed by atoms with Gasteiger partial charge in [-0.1, -0.05) is 0 Å². The molecule has 0 radical (unpaired) electrons. The second-order valence-electron chi connectivity index (χ2n) is 2.19. The van der Waals surface area contributed by atoms with Gasteiger partial charge in [-0.25, -0.2) is 0 Å². The molecule has 7 heteroatoms. The maximum atomic E-state index is 10.3. The summed E-state index contributed by atoms with van der Waals surface area (Å²) in [5.74, 6) is -1.77. The monoisotopic (exact) mass is 321 g/mol. The van der Waals surface area contributed by atoms with Crippen molar-refractivity contribution in [3.63, 3.8) is 0 Å². The molecule has 1 atom stereocenters. The molecule has 0 unspecified atom stereocenters. The SMILES string of the molecule is N[C@@H](C[Se][Se]CCC(=O)O)C(=O)O. The fourth-order valence-corrected chi connectivity index (χ4v) is 6.82. The Labute approximate surface area is 86.9 Å². The first-order chi connectivity index (χ1) is 6.04. The van der Waals surface area contributed by atoms with Crippen LogP contribution < -0.4 is 5.73 Å². The first kappa shape index (κ1) is 12.9. The summed E-state index contributed by atoms with van der Waals surface area (Å²) in [7, 11) is 0. The Morgan fingerprint density at radius 2 is 1.92 bits per heavy atom. The van der Waals surface area contributed by atoms with Crippen LogP contribution in [0, 0.1) is 0 Å². The van der Waals surface area contributed by atoms with Crippen LogP contribution in [-0.2, 0) is 9.59 Å². The molecule has 0 amide bonds. The van der Waals surface area contributed by atoms with Crippen LogP contribution >= 0.6 is 0 Å². The maximum absolute atomic E-state index is 10.3. The van der Waals surface area contributed by atoms with Crippen LogP contribution in [-0.4, -0.2) is 54.5 Å². The molecule has 0 fully saturated rings. The van der Waals surface area contributed by atoms with Crippen molar-refractivity contribution in [2.75, 3.05) is 0 Å². The van der Waals surface area contributed by atoms with Gasteiger partial charge in [0.1, 0.15) is 0 Å². The molecule has 0 aliphatic rings. The number of hydrogen-bond donors (Lipinski definition) is 3. The standard InChI is InChI=1S/C6H11NO4Se2/c7-4(6(10)11)3-13-12-2-1-5(8)9/h4H,1-3,7H2,(H,8,9)(H,10,11)/t4-/m0/s1. The summed E-state index contributed by atoms with van der Waals surface area (Å²) < 4.78 is 0. The Kier molecular flexibility index (Phi) is 7.32. The van der Waals surface area contributed by atoms with Crippen LogP contribution in [0.15, 0.2) is 0 Å². The second-order valence-corrected chi connectivity index (χ2v) is 9.88. The Bertz CT molecular complexity index is 187. The van der Waals surface area contributed by atoms with Crippen LogP contribution in [0.1, 0.15) is 6.42 Å². The van der Waals surface area contributed by atoms with Gasteiger partial charge in [-0.2, -0.15) is 0 Å². The zero-order chi connectivity index (χ0) is 10.3. The van der Waals surface area contributed by atoms with Gasteiger partial charge >= 0.3 is 86.8 Å². The average molecular weight is 319 g/mol. The zero-order valence-corrected chi connectivity index (χ0v) is 10.2. The average Bonchev–Trinajstić information content (AvgIpc) is 2.02. The van der Waals surface area contributed by atoms with Gasteiger partial charge in [0.15, 0.2) is 0 Å². The molecule has 0 bridgehead atoms. The van der Waals surface area contributed by atoms with Crippen molar-refractivity contribution < 1.29 is 19.8 Å². The number of carboxylic acids is 2. The molecule has 0 aromatic carbocycles. The molecule has 0 aliphatic heterocycles. The second kappa shape index (κ2) is 7.35. The Hall–Kier alpha value is -0.0610. The summed E-state index contributed by atoms with van der Waals surface area (Å²) in [5.41, 5.74) is 5.27. The van der Waals surface area contributed by atoms with E-state index in [0.29, 0.717) is 10.6 Å². The third kappa shape index (κ3) is 8.27. The van der Waals surface area contributed by atoms with Crippen LogP contribution in [0.4, 0.5) is 0 Å². The summed E-state index contributed by atoms with van der Waals surface area (Å²) >= 11 is 0.471. The van der Waals surface area contributed by atoms with Crippen molar-refractivity contribution in [1.82, 2.24) is 0 Å². The van der Waals surface area contributed by atoms with E-state index in [0.717, 1.165) is 0 Å².